The number of anilines is 1. The van der Waals surface area contributed by atoms with Crippen molar-refractivity contribution in [1.29, 1.82) is 0 Å². The number of benzene rings is 3. The maximum absolute atomic E-state index is 13.5. The average Bonchev–Trinajstić information content (AvgIpc) is 2.78. The predicted octanol–water partition coefficient (Wildman–Crippen LogP) is 4.22. The molecule has 6 nitrogen and oxygen atoms in total. The normalized spacial score (nSPS) is 12.1. The second kappa shape index (κ2) is 9.82. The fourth-order valence-corrected chi connectivity index (χ4v) is 4.71. The first kappa shape index (κ1) is 23.3. The van der Waals surface area contributed by atoms with E-state index in [9.17, 15) is 17.6 Å². The van der Waals surface area contributed by atoms with Gasteiger partial charge in [0.05, 0.1) is 23.7 Å². The molecule has 0 unspecified atom stereocenters. The predicted molar refractivity (Wildman–Crippen MR) is 122 cm³/mol. The molecule has 8 heteroatoms. The van der Waals surface area contributed by atoms with Crippen LogP contribution in [0.5, 0.6) is 5.75 Å². The van der Waals surface area contributed by atoms with Crippen molar-refractivity contribution >= 4 is 21.6 Å². The average molecular weight is 457 g/mol. The van der Waals surface area contributed by atoms with Gasteiger partial charge in [0.1, 0.15) is 18.1 Å². The number of carbonyl (C=O) groups is 1. The topological polar surface area (TPSA) is 75.7 Å². The lowest BCUT2D eigenvalue weighted by Gasteiger charge is -2.26. The van der Waals surface area contributed by atoms with Crippen molar-refractivity contribution < 1.29 is 22.3 Å². The largest absolute Gasteiger partial charge is 0.495 e. The molecule has 0 aliphatic rings. The van der Waals surface area contributed by atoms with E-state index in [2.05, 4.69) is 5.32 Å². The first-order valence-corrected chi connectivity index (χ1v) is 11.4. The van der Waals surface area contributed by atoms with Crippen molar-refractivity contribution in [3.8, 4) is 5.75 Å². The summed E-state index contributed by atoms with van der Waals surface area (Å²) in [5.74, 6) is -0.557. The van der Waals surface area contributed by atoms with Gasteiger partial charge >= 0.3 is 0 Å². The van der Waals surface area contributed by atoms with E-state index in [1.165, 1.54) is 31.4 Å². The molecule has 32 heavy (non-hydrogen) atoms. The molecule has 1 atom stereocenters. The van der Waals surface area contributed by atoms with Gasteiger partial charge in [-0.25, -0.2) is 12.8 Å². The molecule has 0 fully saturated rings. The summed E-state index contributed by atoms with van der Waals surface area (Å²) in [6, 6.07) is 18.3. The summed E-state index contributed by atoms with van der Waals surface area (Å²) in [6.45, 7) is 3.12. The molecule has 0 radical (unpaired) electrons. The second-order valence-electron chi connectivity index (χ2n) is 7.34. The maximum Gasteiger partial charge on any atom is 0.264 e. The van der Waals surface area contributed by atoms with Gasteiger partial charge in [-0.2, -0.15) is 0 Å². The van der Waals surface area contributed by atoms with Gasteiger partial charge in [0.2, 0.25) is 5.91 Å². The SMILES string of the molecule is COc1ccc(C)cc1N(CC(=O)N[C@H](C)c1ccc(F)cc1)S(=O)(=O)c1ccccc1. The van der Waals surface area contributed by atoms with Gasteiger partial charge in [0, 0.05) is 0 Å². The summed E-state index contributed by atoms with van der Waals surface area (Å²) in [6.07, 6.45) is 0. The van der Waals surface area contributed by atoms with Crippen LogP contribution in [0.4, 0.5) is 10.1 Å². The number of rotatable bonds is 8. The first-order valence-electron chi connectivity index (χ1n) is 9.99. The quantitative estimate of drug-likeness (QED) is 0.551. The van der Waals surface area contributed by atoms with Crippen molar-refractivity contribution in [1.82, 2.24) is 5.32 Å². The minimum Gasteiger partial charge on any atom is -0.495 e. The van der Waals surface area contributed by atoms with Crippen LogP contribution in [0.15, 0.2) is 77.7 Å². The van der Waals surface area contributed by atoms with Gasteiger partial charge in [0.25, 0.3) is 10.0 Å². The number of amides is 1. The van der Waals surface area contributed by atoms with Gasteiger partial charge in [-0.15, -0.1) is 0 Å². The summed E-state index contributed by atoms with van der Waals surface area (Å²) in [5, 5.41) is 2.78. The Balaban J connectivity index is 1.95. The van der Waals surface area contributed by atoms with Crippen LogP contribution in [0.2, 0.25) is 0 Å². The van der Waals surface area contributed by atoms with Crippen molar-refractivity contribution in [3.05, 3.63) is 89.7 Å². The number of methoxy groups -OCH3 is 1. The number of hydrogen-bond donors (Lipinski definition) is 1. The van der Waals surface area contributed by atoms with Crippen LogP contribution in [-0.4, -0.2) is 28.0 Å². The molecule has 1 amide bonds. The summed E-state index contributed by atoms with van der Waals surface area (Å²) in [7, 11) is -2.62. The summed E-state index contributed by atoms with van der Waals surface area (Å²) in [5.41, 5.74) is 1.78. The zero-order valence-corrected chi connectivity index (χ0v) is 18.9. The molecule has 0 aliphatic carbocycles. The lowest BCUT2D eigenvalue weighted by atomic mass is 10.1. The third kappa shape index (κ3) is 5.26. The van der Waals surface area contributed by atoms with Crippen molar-refractivity contribution in [2.24, 2.45) is 0 Å². The molecule has 3 aromatic rings. The molecule has 3 rings (SSSR count). The molecule has 0 saturated carbocycles. The molecule has 0 bridgehead atoms. The molecule has 1 N–H and O–H groups in total. The van der Waals surface area contributed by atoms with Crippen molar-refractivity contribution in [2.45, 2.75) is 24.8 Å². The number of nitrogens with zero attached hydrogens (tertiary/aromatic N) is 1. The Morgan fingerprint density at radius 2 is 1.72 bits per heavy atom. The molecule has 3 aromatic carbocycles. The van der Waals surface area contributed by atoms with E-state index >= 15 is 0 Å². The summed E-state index contributed by atoms with van der Waals surface area (Å²) < 4.78 is 46.6. The number of ether oxygens (including phenoxy) is 1. The van der Waals surface area contributed by atoms with Crippen LogP contribution in [0.3, 0.4) is 0 Å². The second-order valence-corrected chi connectivity index (χ2v) is 9.20. The van der Waals surface area contributed by atoms with E-state index in [-0.39, 0.29) is 16.4 Å². The number of carbonyl (C=O) groups excluding carboxylic acids is 1. The summed E-state index contributed by atoms with van der Waals surface area (Å²) in [4.78, 5) is 13.0. The van der Waals surface area contributed by atoms with E-state index in [1.807, 2.05) is 6.92 Å². The molecule has 0 spiro atoms. The highest BCUT2D eigenvalue weighted by Gasteiger charge is 2.30. The minimum atomic E-state index is -4.06. The van der Waals surface area contributed by atoms with Gasteiger partial charge in [0.15, 0.2) is 0 Å². The van der Waals surface area contributed by atoms with Crippen molar-refractivity contribution in [2.75, 3.05) is 18.0 Å². The highest BCUT2D eigenvalue weighted by molar-refractivity contribution is 7.92. The standard InChI is InChI=1S/C24H25FN2O4S/c1-17-9-14-23(31-3)22(15-17)27(32(29,30)21-7-5-4-6-8-21)16-24(28)26-18(2)19-10-12-20(25)13-11-19/h4-15,18H,16H2,1-3H3,(H,26,28)/t18-/m1/s1. The van der Waals surface area contributed by atoms with Gasteiger partial charge < -0.3 is 10.1 Å². The Hall–Kier alpha value is -3.39. The number of nitrogens with one attached hydrogen (secondary N) is 1. The zero-order valence-electron chi connectivity index (χ0n) is 18.1. The molecule has 168 valence electrons. The van der Waals surface area contributed by atoms with Crippen LogP contribution >= 0.6 is 0 Å². The van der Waals surface area contributed by atoms with Gasteiger partial charge in [-0.3, -0.25) is 9.10 Å². The molecule has 0 heterocycles. The van der Waals surface area contributed by atoms with Crippen LogP contribution in [-0.2, 0) is 14.8 Å². The highest BCUT2D eigenvalue weighted by atomic mass is 32.2. The molecular weight excluding hydrogens is 431 g/mol. The lowest BCUT2D eigenvalue weighted by Crippen LogP contribution is -2.41. The third-order valence-corrected chi connectivity index (χ3v) is 6.74. The molecule has 0 saturated heterocycles. The van der Waals surface area contributed by atoms with Gasteiger partial charge in [-0.1, -0.05) is 36.4 Å². The maximum atomic E-state index is 13.5. The Kier molecular flexibility index (Phi) is 7.15. The van der Waals surface area contributed by atoms with E-state index in [0.717, 1.165) is 9.87 Å². The molecule has 0 aliphatic heterocycles. The van der Waals surface area contributed by atoms with E-state index in [0.29, 0.717) is 11.3 Å². The number of halogens is 1. The van der Waals surface area contributed by atoms with Crippen LogP contribution in [0, 0.1) is 12.7 Å². The molecular formula is C24H25FN2O4S. The monoisotopic (exact) mass is 456 g/mol. The first-order chi connectivity index (χ1) is 15.2. The number of sulfonamides is 1. The Bertz CT molecular complexity index is 1180. The van der Waals surface area contributed by atoms with Crippen molar-refractivity contribution in [3.63, 3.8) is 0 Å². The van der Waals surface area contributed by atoms with E-state index < -0.39 is 28.5 Å². The lowest BCUT2D eigenvalue weighted by molar-refractivity contribution is -0.120. The van der Waals surface area contributed by atoms with E-state index in [1.54, 1.807) is 55.5 Å². The number of aryl methyl sites for hydroxylation is 1. The van der Waals surface area contributed by atoms with E-state index in [4.69, 9.17) is 4.74 Å². The van der Waals surface area contributed by atoms with Crippen LogP contribution in [0.25, 0.3) is 0 Å². The highest BCUT2D eigenvalue weighted by Crippen LogP contribution is 2.33. The number of hydrogen-bond acceptors (Lipinski definition) is 4. The molecule has 0 aromatic heterocycles. The Labute approximate surface area is 187 Å². The van der Waals surface area contributed by atoms with Crippen LogP contribution in [0.1, 0.15) is 24.1 Å². The van der Waals surface area contributed by atoms with Gasteiger partial charge in [-0.05, 0) is 61.4 Å². The fourth-order valence-electron chi connectivity index (χ4n) is 3.27. The Morgan fingerprint density at radius 3 is 2.34 bits per heavy atom. The third-order valence-electron chi connectivity index (χ3n) is 4.97. The fraction of sp³-hybridized carbons (Fsp3) is 0.208. The smallest absolute Gasteiger partial charge is 0.264 e. The zero-order chi connectivity index (χ0) is 23.3. The Morgan fingerprint density at radius 1 is 1.06 bits per heavy atom. The summed E-state index contributed by atoms with van der Waals surface area (Å²) >= 11 is 0. The minimum absolute atomic E-state index is 0.0583. The van der Waals surface area contributed by atoms with Crippen LogP contribution < -0.4 is 14.4 Å².